The van der Waals surface area contributed by atoms with Gasteiger partial charge in [-0.25, -0.2) is 0 Å². The maximum Gasteiger partial charge on any atom is 0.216 e. The van der Waals surface area contributed by atoms with Crippen LogP contribution in [0.15, 0.2) is 47.7 Å². The summed E-state index contributed by atoms with van der Waals surface area (Å²) in [5, 5.41) is 13.4. The van der Waals surface area contributed by atoms with Crippen LogP contribution in [0.5, 0.6) is 5.75 Å². The highest BCUT2D eigenvalue weighted by Gasteiger charge is 2.23. The van der Waals surface area contributed by atoms with Crippen molar-refractivity contribution in [3.05, 3.63) is 53.9 Å². The van der Waals surface area contributed by atoms with E-state index in [2.05, 4.69) is 10.5 Å². The Morgan fingerprint density at radius 3 is 2.71 bits per heavy atom. The van der Waals surface area contributed by atoms with Gasteiger partial charge in [0, 0.05) is 23.0 Å². The monoisotopic (exact) mass is 387 g/mol. The normalized spacial score (nSPS) is 11.6. The third-order valence-electron chi connectivity index (χ3n) is 2.99. The first-order valence-corrected chi connectivity index (χ1v) is 7.98. The molecule has 0 saturated carbocycles. The summed E-state index contributed by atoms with van der Waals surface area (Å²) in [6, 6.07) is 8.68. The number of hydrazone groups is 1. The molecule has 0 aliphatic carbocycles. The van der Waals surface area contributed by atoms with Crippen molar-refractivity contribution in [2.45, 2.75) is 3.79 Å². The second-order valence-electron chi connectivity index (χ2n) is 4.84. The van der Waals surface area contributed by atoms with Gasteiger partial charge in [0.2, 0.25) is 9.75 Å². The van der Waals surface area contributed by atoms with Crippen LogP contribution in [-0.2, 0) is 3.79 Å². The molecule has 1 aromatic heterocycles. The minimum absolute atomic E-state index is 0.0482. The van der Waals surface area contributed by atoms with Gasteiger partial charge in [-0.1, -0.05) is 53.0 Å². The second kappa shape index (κ2) is 7.70. The first kappa shape index (κ1) is 18.3. The zero-order chi connectivity index (χ0) is 17.7. The summed E-state index contributed by atoms with van der Waals surface area (Å²) in [5.74, 6) is 0.0686. The van der Waals surface area contributed by atoms with Gasteiger partial charge in [0.05, 0.1) is 12.7 Å². The fourth-order valence-electron chi connectivity index (χ4n) is 2.02. The number of hydrogen-bond donors (Lipinski definition) is 4. The fraction of sp³-hybridized carbons (Fsp3) is 0.133. The molecule has 0 atom stereocenters. The van der Waals surface area contributed by atoms with E-state index in [1.807, 2.05) is 6.07 Å². The van der Waals surface area contributed by atoms with E-state index in [0.29, 0.717) is 12.1 Å². The standard InChI is InChI=1S/C15H16Cl3N5O/c16-15(17,18)10-3-1-4-11(7-10)23-9-13(24)8-12(23)5-2-6-21-22-14(19)20/h1-5,7-9,21,24H,6H2,(H4,19,20,22)/b5-2+. The third-order valence-corrected chi connectivity index (χ3v) is 3.65. The largest absolute Gasteiger partial charge is 0.506 e. The molecular formula is C15H16Cl3N5O. The highest BCUT2D eigenvalue weighted by Crippen LogP contribution is 2.39. The number of alkyl halides is 3. The molecule has 9 heteroatoms. The van der Waals surface area contributed by atoms with Gasteiger partial charge in [-0.15, -0.1) is 5.10 Å². The van der Waals surface area contributed by atoms with Gasteiger partial charge in [0.25, 0.3) is 0 Å². The van der Waals surface area contributed by atoms with Crippen LogP contribution in [0.25, 0.3) is 11.8 Å². The van der Waals surface area contributed by atoms with E-state index >= 15 is 0 Å². The SMILES string of the molecule is NC(N)=NNC/C=C/c1cc(O)cn1-c1cccc(C(Cl)(Cl)Cl)c1. The van der Waals surface area contributed by atoms with Gasteiger partial charge in [-0.05, 0) is 18.2 Å². The van der Waals surface area contributed by atoms with Crippen LogP contribution in [-0.4, -0.2) is 22.2 Å². The van der Waals surface area contributed by atoms with Crippen LogP contribution in [0.1, 0.15) is 11.3 Å². The fourth-order valence-corrected chi connectivity index (χ4v) is 2.37. The van der Waals surface area contributed by atoms with E-state index in [9.17, 15) is 5.11 Å². The summed E-state index contributed by atoms with van der Waals surface area (Å²) >= 11 is 17.8. The maximum absolute atomic E-state index is 9.80. The highest BCUT2D eigenvalue weighted by atomic mass is 35.6. The van der Waals surface area contributed by atoms with Crippen molar-refractivity contribution in [3.63, 3.8) is 0 Å². The maximum atomic E-state index is 9.80. The highest BCUT2D eigenvalue weighted by molar-refractivity contribution is 6.66. The van der Waals surface area contributed by atoms with Crippen LogP contribution < -0.4 is 16.9 Å². The van der Waals surface area contributed by atoms with Gasteiger partial charge in [0.1, 0.15) is 5.75 Å². The summed E-state index contributed by atoms with van der Waals surface area (Å²) in [5.41, 5.74) is 15.1. The summed E-state index contributed by atoms with van der Waals surface area (Å²) in [4.78, 5) is 0. The number of halogens is 3. The number of rotatable bonds is 5. The Labute approximate surface area is 154 Å². The van der Waals surface area contributed by atoms with Crippen molar-refractivity contribution < 1.29 is 5.11 Å². The Kier molecular flexibility index (Phi) is 5.88. The van der Waals surface area contributed by atoms with Crippen LogP contribution in [0.3, 0.4) is 0 Å². The molecule has 0 saturated heterocycles. The summed E-state index contributed by atoms with van der Waals surface area (Å²) in [6.07, 6.45) is 5.17. The minimum atomic E-state index is -1.52. The number of aromatic hydroxyl groups is 1. The lowest BCUT2D eigenvalue weighted by Gasteiger charge is -2.14. The van der Waals surface area contributed by atoms with Gasteiger partial charge in [-0.2, -0.15) is 0 Å². The van der Waals surface area contributed by atoms with Gasteiger partial charge >= 0.3 is 0 Å². The number of aromatic nitrogens is 1. The Hall–Kier alpha value is -2.02. The summed E-state index contributed by atoms with van der Waals surface area (Å²) in [7, 11) is 0. The molecule has 1 aromatic carbocycles. The van der Waals surface area contributed by atoms with E-state index in [4.69, 9.17) is 46.3 Å². The number of nitrogens with two attached hydrogens (primary N) is 2. The molecule has 128 valence electrons. The van der Waals surface area contributed by atoms with Gasteiger partial charge in [-0.3, -0.25) is 0 Å². The Morgan fingerprint density at radius 2 is 2.04 bits per heavy atom. The molecule has 0 aliphatic heterocycles. The summed E-state index contributed by atoms with van der Waals surface area (Å²) < 4.78 is 0.248. The van der Waals surface area contributed by atoms with Crippen molar-refractivity contribution in [1.82, 2.24) is 9.99 Å². The van der Waals surface area contributed by atoms with E-state index < -0.39 is 3.79 Å². The predicted octanol–water partition coefficient (Wildman–Crippen LogP) is 2.80. The number of nitrogens with zero attached hydrogens (tertiary/aromatic N) is 2. The Bertz CT molecular complexity index is 761. The Morgan fingerprint density at radius 1 is 1.29 bits per heavy atom. The van der Waals surface area contributed by atoms with Crippen molar-refractivity contribution in [2.24, 2.45) is 16.6 Å². The van der Waals surface area contributed by atoms with E-state index in [1.54, 1.807) is 47.2 Å². The molecule has 6 N–H and O–H groups in total. The quantitative estimate of drug-likeness (QED) is 0.208. The van der Waals surface area contributed by atoms with Crippen molar-refractivity contribution >= 4 is 46.8 Å². The van der Waals surface area contributed by atoms with Gasteiger partial charge < -0.3 is 26.6 Å². The first-order chi connectivity index (χ1) is 11.3. The predicted molar refractivity (Wildman–Crippen MR) is 99.5 cm³/mol. The molecule has 0 spiro atoms. The molecule has 24 heavy (non-hydrogen) atoms. The second-order valence-corrected chi connectivity index (χ2v) is 7.12. The van der Waals surface area contributed by atoms with Gasteiger partial charge in [0.15, 0.2) is 0 Å². The number of benzene rings is 1. The lowest BCUT2D eigenvalue weighted by Crippen LogP contribution is -2.26. The zero-order valence-electron chi connectivity index (χ0n) is 12.5. The number of guanidine groups is 1. The molecule has 6 nitrogen and oxygen atoms in total. The average molecular weight is 389 g/mol. The van der Waals surface area contributed by atoms with E-state index in [1.165, 1.54) is 0 Å². The van der Waals surface area contributed by atoms with Crippen molar-refractivity contribution in [1.29, 1.82) is 0 Å². The van der Waals surface area contributed by atoms with Crippen LogP contribution in [0, 0.1) is 0 Å². The van der Waals surface area contributed by atoms with Crippen LogP contribution >= 0.6 is 34.8 Å². The topological polar surface area (TPSA) is 102 Å². The Balaban J connectivity index is 2.26. The molecule has 0 fully saturated rings. The molecule has 1 heterocycles. The average Bonchev–Trinajstić information content (AvgIpc) is 2.87. The van der Waals surface area contributed by atoms with Crippen molar-refractivity contribution in [2.75, 3.05) is 6.54 Å². The molecule has 0 unspecified atom stereocenters. The zero-order valence-corrected chi connectivity index (χ0v) is 14.7. The molecular weight excluding hydrogens is 373 g/mol. The lowest BCUT2D eigenvalue weighted by atomic mass is 10.2. The molecule has 2 rings (SSSR count). The van der Waals surface area contributed by atoms with E-state index in [0.717, 1.165) is 11.4 Å². The molecule has 2 aromatic rings. The van der Waals surface area contributed by atoms with Crippen LogP contribution in [0.2, 0.25) is 0 Å². The molecule has 0 radical (unpaired) electrons. The smallest absolute Gasteiger partial charge is 0.216 e. The van der Waals surface area contributed by atoms with Crippen LogP contribution in [0.4, 0.5) is 0 Å². The molecule has 0 amide bonds. The third kappa shape index (κ3) is 4.99. The first-order valence-electron chi connectivity index (χ1n) is 6.84. The summed E-state index contributed by atoms with van der Waals surface area (Å²) in [6.45, 7) is 0.415. The lowest BCUT2D eigenvalue weighted by molar-refractivity contribution is 0.475. The number of nitrogens with one attached hydrogen (secondary N) is 1. The minimum Gasteiger partial charge on any atom is -0.506 e. The van der Waals surface area contributed by atoms with E-state index in [-0.39, 0.29) is 11.7 Å². The number of hydrogen-bond acceptors (Lipinski definition) is 3. The molecule has 0 bridgehead atoms. The molecule has 0 aliphatic rings. The van der Waals surface area contributed by atoms with Crippen molar-refractivity contribution in [3.8, 4) is 11.4 Å².